The van der Waals surface area contributed by atoms with E-state index in [1.807, 2.05) is 66.9 Å². The second-order valence-electron chi connectivity index (χ2n) is 8.93. The number of anilines is 2. The zero-order valence-corrected chi connectivity index (χ0v) is 22.7. The van der Waals surface area contributed by atoms with Crippen molar-refractivity contribution in [3.05, 3.63) is 77.9 Å². The van der Waals surface area contributed by atoms with Gasteiger partial charge in [0.25, 0.3) is 0 Å². The lowest BCUT2D eigenvalue weighted by Crippen LogP contribution is -2.43. The van der Waals surface area contributed by atoms with E-state index in [0.29, 0.717) is 17.8 Å². The monoisotopic (exact) mass is 526 g/mol. The Hall–Kier alpha value is -2.52. The van der Waals surface area contributed by atoms with Crippen molar-refractivity contribution >= 4 is 33.2 Å². The average molecular weight is 527 g/mol. The molecule has 3 aromatic rings. The number of aliphatic hydroxyl groups is 1. The van der Waals surface area contributed by atoms with Crippen LogP contribution in [0, 0.1) is 0 Å². The summed E-state index contributed by atoms with van der Waals surface area (Å²) in [6, 6.07) is 20.9. The van der Waals surface area contributed by atoms with Gasteiger partial charge in [0.05, 0.1) is 19.4 Å². The van der Waals surface area contributed by atoms with Crippen LogP contribution in [0.1, 0.15) is 37.3 Å². The van der Waals surface area contributed by atoms with E-state index in [-0.39, 0.29) is 24.1 Å². The smallest absolute Gasteiger partial charge is 0.245 e. The summed E-state index contributed by atoms with van der Waals surface area (Å²) < 4.78 is 35.7. The van der Waals surface area contributed by atoms with Crippen molar-refractivity contribution in [1.29, 1.82) is 0 Å². The molecule has 1 atom stereocenters. The molecule has 0 aromatic heterocycles. The molecule has 0 saturated carbocycles. The maximum absolute atomic E-state index is 14.4. The van der Waals surface area contributed by atoms with Crippen molar-refractivity contribution in [2.75, 3.05) is 24.8 Å². The Kier molecular flexibility index (Phi) is 8.62. The third kappa shape index (κ3) is 5.42. The fourth-order valence-corrected chi connectivity index (χ4v) is 7.17. The van der Waals surface area contributed by atoms with Crippen LogP contribution in [0.2, 0.25) is 0 Å². The van der Waals surface area contributed by atoms with Gasteiger partial charge >= 0.3 is 0 Å². The summed E-state index contributed by atoms with van der Waals surface area (Å²) in [7, 11) is -2.25. The van der Waals surface area contributed by atoms with Crippen LogP contribution in [0.15, 0.2) is 76.5 Å². The number of hydrogen-bond acceptors (Lipinski definition) is 6. The van der Waals surface area contributed by atoms with Crippen molar-refractivity contribution in [2.24, 2.45) is 0 Å². The number of benzene rings is 3. The zero-order chi connectivity index (χ0) is 25.7. The van der Waals surface area contributed by atoms with Crippen LogP contribution in [0.5, 0.6) is 5.75 Å². The van der Waals surface area contributed by atoms with Crippen LogP contribution >= 0.6 is 11.8 Å². The predicted molar refractivity (Wildman–Crippen MR) is 147 cm³/mol. The average Bonchev–Trinajstić information content (AvgIpc) is 3.00. The van der Waals surface area contributed by atoms with Crippen LogP contribution in [0.4, 0.5) is 11.4 Å². The van der Waals surface area contributed by atoms with Crippen LogP contribution in [0.3, 0.4) is 0 Å². The minimum Gasteiger partial charge on any atom is -0.497 e. The maximum Gasteiger partial charge on any atom is 0.245 e. The Morgan fingerprint density at radius 3 is 2.42 bits per heavy atom. The highest BCUT2D eigenvalue weighted by Gasteiger charge is 2.39. The minimum atomic E-state index is -3.87. The molecule has 0 spiro atoms. The molecule has 4 rings (SSSR count). The first-order valence-corrected chi connectivity index (χ1v) is 14.9. The molecule has 8 heteroatoms. The van der Waals surface area contributed by atoms with Crippen molar-refractivity contribution in [1.82, 2.24) is 4.31 Å². The number of thioether (sulfide) groups is 1. The summed E-state index contributed by atoms with van der Waals surface area (Å²) in [5.41, 5.74) is 3.12. The molecule has 0 unspecified atom stereocenters. The topological polar surface area (TPSA) is 70.1 Å². The molecule has 0 aliphatic carbocycles. The van der Waals surface area contributed by atoms with Gasteiger partial charge in [-0.15, -0.1) is 11.8 Å². The standard InChI is InChI=1S/C28H34N2O4S2/c1-4-5-9-24-19-29(23-10-7-6-8-11-23)26-17-27(35-3)22(20-31)16-28(26)36(32,33)30(24)18-21-12-14-25(34-2)15-13-21/h6-8,10-17,24,31H,4-5,9,18-20H2,1-3H3/t24-/m1/s1. The normalized spacial score (nSPS) is 17.4. The van der Waals surface area contributed by atoms with E-state index in [0.717, 1.165) is 41.2 Å². The molecular weight excluding hydrogens is 492 g/mol. The molecule has 1 heterocycles. The Balaban J connectivity index is 1.90. The van der Waals surface area contributed by atoms with Gasteiger partial charge in [-0.25, -0.2) is 8.42 Å². The summed E-state index contributed by atoms with van der Waals surface area (Å²) in [6.07, 6.45) is 4.61. The third-order valence-corrected chi connectivity index (χ3v) is 9.41. The van der Waals surface area contributed by atoms with Crippen molar-refractivity contribution < 1.29 is 18.3 Å². The fraction of sp³-hybridized carbons (Fsp3) is 0.357. The second-order valence-corrected chi connectivity index (χ2v) is 11.6. The molecule has 0 saturated heterocycles. The van der Waals surface area contributed by atoms with Gasteiger partial charge in [-0.1, -0.05) is 50.1 Å². The van der Waals surface area contributed by atoms with Crippen LogP contribution in [-0.4, -0.2) is 43.8 Å². The van der Waals surface area contributed by atoms with Crippen LogP contribution in [-0.2, 0) is 23.2 Å². The number of sulfonamides is 1. The molecule has 0 bridgehead atoms. The molecule has 6 nitrogen and oxygen atoms in total. The molecule has 1 aliphatic heterocycles. The van der Waals surface area contributed by atoms with Crippen molar-refractivity contribution in [3.8, 4) is 5.75 Å². The van der Waals surface area contributed by atoms with Crippen molar-refractivity contribution in [2.45, 2.75) is 55.2 Å². The Bertz CT molecular complexity index is 1260. The van der Waals surface area contributed by atoms with Gasteiger partial charge < -0.3 is 14.7 Å². The first-order chi connectivity index (χ1) is 17.4. The number of ether oxygens (including phenoxy) is 1. The van der Waals surface area contributed by atoms with E-state index in [9.17, 15) is 13.5 Å². The Morgan fingerprint density at radius 1 is 1.08 bits per heavy atom. The molecule has 0 amide bonds. The molecule has 0 radical (unpaired) electrons. The summed E-state index contributed by atoms with van der Waals surface area (Å²) >= 11 is 1.51. The fourth-order valence-electron chi connectivity index (χ4n) is 4.70. The first-order valence-electron chi connectivity index (χ1n) is 12.2. The van der Waals surface area contributed by atoms with Gasteiger partial charge in [0.15, 0.2) is 0 Å². The van der Waals surface area contributed by atoms with E-state index >= 15 is 0 Å². The number of nitrogens with zero attached hydrogens (tertiary/aromatic N) is 2. The predicted octanol–water partition coefficient (Wildman–Crippen LogP) is 5.81. The number of unbranched alkanes of at least 4 members (excludes halogenated alkanes) is 1. The highest BCUT2D eigenvalue weighted by molar-refractivity contribution is 7.98. The quantitative estimate of drug-likeness (QED) is 0.355. The van der Waals surface area contributed by atoms with E-state index in [1.165, 1.54) is 11.8 Å². The largest absolute Gasteiger partial charge is 0.497 e. The third-order valence-electron chi connectivity index (χ3n) is 6.67. The van der Waals surface area contributed by atoms with Gasteiger partial charge in [-0.3, -0.25) is 0 Å². The molecule has 192 valence electrons. The highest BCUT2D eigenvalue weighted by Crippen LogP contribution is 2.42. The minimum absolute atomic E-state index is 0.220. The van der Waals surface area contributed by atoms with Gasteiger partial charge in [0.2, 0.25) is 10.0 Å². The van der Waals surface area contributed by atoms with Crippen LogP contribution < -0.4 is 9.64 Å². The molecule has 36 heavy (non-hydrogen) atoms. The summed E-state index contributed by atoms with van der Waals surface area (Å²) in [5, 5.41) is 10.0. The van der Waals surface area contributed by atoms with Gasteiger partial charge in [0.1, 0.15) is 10.6 Å². The highest BCUT2D eigenvalue weighted by atomic mass is 32.2. The summed E-state index contributed by atoms with van der Waals surface area (Å²) in [4.78, 5) is 3.24. The first kappa shape index (κ1) is 26.5. The number of para-hydroxylation sites is 1. The lowest BCUT2D eigenvalue weighted by Gasteiger charge is -2.31. The van der Waals surface area contributed by atoms with E-state index in [4.69, 9.17) is 4.74 Å². The molecule has 0 fully saturated rings. The van der Waals surface area contributed by atoms with Gasteiger partial charge in [-0.2, -0.15) is 4.31 Å². The molecule has 1 aliphatic rings. The lowest BCUT2D eigenvalue weighted by atomic mass is 10.1. The molecular formula is C28H34N2O4S2. The van der Waals surface area contributed by atoms with Gasteiger partial charge in [0, 0.05) is 29.7 Å². The summed E-state index contributed by atoms with van der Waals surface area (Å²) in [5.74, 6) is 0.734. The zero-order valence-electron chi connectivity index (χ0n) is 21.1. The van der Waals surface area contributed by atoms with E-state index in [1.54, 1.807) is 17.5 Å². The number of methoxy groups -OCH3 is 1. The van der Waals surface area contributed by atoms with E-state index < -0.39 is 10.0 Å². The summed E-state index contributed by atoms with van der Waals surface area (Å²) in [6.45, 7) is 2.71. The number of aliphatic hydroxyl groups excluding tert-OH is 1. The Labute approximate surface area is 219 Å². The Morgan fingerprint density at radius 2 is 1.81 bits per heavy atom. The van der Waals surface area contributed by atoms with Crippen LogP contribution in [0.25, 0.3) is 0 Å². The second kappa shape index (κ2) is 11.7. The molecule has 3 aromatic carbocycles. The maximum atomic E-state index is 14.4. The molecule has 1 N–H and O–H groups in total. The van der Waals surface area contributed by atoms with Gasteiger partial charge in [-0.05, 0) is 60.2 Å². The SMILES string of the molecule is CCCC[C@@H]1CN(c2ccccc2)c2cc(SC)c(CO)cc2S(=O)(=O)N1Cc1ccc(OC)cc1. The lowest BCUT2D eigenvalue weighted by molar-refractivity contribution is 0.278. The number of rotatable bonds is 9. The van der Waals surface area contributed by atoms with Crippen molar-refractivity contribution in [3.63, 3.8) is 0 Å². The number of fused-ring (bicyclic) bond motifs is 1. The van der Waals surface area contributed by atoms with E-state index in [2.05, 4.69) is 11.8 Å². The number of hydrogen-bond donors (Lipinski definition) is 1.